The quantitative estimate of drug-likeness (QED) is 0.394. The third kappa shape index (κ3) is 2.78. The number of nitrogens with zero attached hydrogens (tertiary/aromatic N) is 2. The van der Waals surface area contributed by atoms with Gasteiger partial charge >= 0.3 is 6.18 Å². The average molecular weight is 425 g/mol. The van der Waals surface area contributed by atoms with Crippen molar-refractivity contribution in [3.63, 3.8) is 0 Å². The van der Waals surface area contributed by atoms with Crippen molar-refractivity contribution in [3.8, 4) is 33.3 Å². The Hall–Kier alpha value is -2.78. The lowest BCUT2D eigenvalue weighted by Crippen LogP contribution is -2.07. The predicted octanol–water partition coefficient (Wildman–Crippen LogP) is 6.02. The third-order valence-electron chi connectivity index (χ3n) is 4.22. The number of rotatable bonds is 2. The van der Waals surface area contributed by atoms with E-state index in [9.17, 15) is 13.2 Å². The minimum Gasteiger partial charge on any atom is -0.454 e. The molecule has 5 nitrogen and oxygen atoms in total. The van der Waals surface area contributed by atoms with Crippen molar-refractivity contribution in [3.05, 3.63) is 46.3 Å². The highest BCUT2D eigenvalue weighted by atomic mass is 35.5. The van der Waals surface area contributed by atoms with Crippen LogP contribution in [-0.4, -0.2) is 16.9 Å². The summed E-state index contributed by atoms with van der Waals surface area (Å²) in [5.74, 6) is 0.947. The minimum absolute atomic E-state index is 0.0314. The maximum atomic E-state index is 13.8. The van der Waals surface area contributed by atoms with E-state index in [2.05, 4.69) is 10.1 Å². The molecule has 0 radical (unpaired) electrons. The number of hydrogen-bond acceptors (Lipinski definition) is 6. The number of ether oxygens (including phenoxy) is 2. The summed E-state index contributed by atoms with van der Waals surface area (Å²) in [6.07, 6.45) is -4.63. The smallest absolute Gasteiger partial charge is 0.417 e. The zero-order valence-corrected chi connectivity index (χ0v) is 15.3. The Balaban J connectivity index is 1.74. The molecule has 1 aromatic carbocycles. The Bertz CT molecular complexity index is 1220. The van der Waals surface area contributed by atoms with Crippen molar-refractivity contribution in [1.82, 2.24) is 10.1 Å². The number of pyridine rings is 1. The molecule has 0 amide bonds. The van der Waals surface area contributed by atoms with Crippen LogP contribution in [0.4, 0.5) is 13.2 Å². The van der Waals surface area contributed by atoms with Crippen molar-refractivity contribution < 1.29 is 27.2 Å². The molecule has 1 aliphatic heterocycles. The van der Waals surface area contributed by atoms with Crippen molar-refractivity contribution in [1.29, 1.82) is 0 Å². The third-order valence-corrected chi connectivity index (χ3v) is 5.48. The van der Waals surface area contributed by atoms with Gasteiger partial charge in [-0.3, -0.25) is 0 Å². The van der Waals surface area contributed by atoms with Gasteiger partial charge in [0.05, 0.1) is 25.9 Å². The molecule has 0 bridgehead atoms. The zero-order chi connectivity index (χ0) is 19.5. The van der Waals surface area contributed by atoms with E-state index in [0.717, 1.165) is 17.4 Å². The number of fused-ring (bicyclic) bond motifs is 2. The van der Waals surface area contributed by atoms with Gasteiger partial charge in [-0.15, -0.1) is 11.3 Å². The summed E-state index contributed by atoms with van der Waals surface area (Å²) in [6.45, 7) is 0.0560. The van der Waals surface area contributed by atoms with Crippen LogP contribution >= 0.6 is 22.9 Å². The van der Waals surface area contributed by atoms with Crippen LogP contribution in [0.25, 0.3) is 32.9 Å². The summed E-state index contributed by atoms with van der Waals surface area (Å²) in [6, 6.07) is 8.96. The topological polar surface area (TPSA) is 57.4 Å². The van der Waals surface area contributed by atoms with Crippen LogP contribution in [0.1, 0.15) is 5.56 Å². The van der Waals surface area contributed by atoms with Crippen molar-refractivity contribution >= 4 is 34.0 Å². The molecule has 4 aromatic rings. The molecule has 0 aliphatic carbocycles. The van der Waals surface area contributed by atoms with Crippen molar-refractivity contribution in [2.45, 2.75) is 6.18 Å². The van der Waals surface area contributed by atoms with Gasteiger partial charge in [0, 0.05) is 5.56 Å². The molecule has 0 unspecified atom stereocenters. The van der Waals surface area contributed by atoms with E-state index in [-0.39, 0.29) is 29.3 Å². The highest BCUT2D eigenvalue weighted by Gasteiger charge is 2.37. The van der Waals surface area contributed by atoms with Crippen LogP contribution in [0.5, 0.6) is 11.5 Å². The molecule has 0 N–H and O–H groups in total. The Morgan fingerprint density at radius 1 is 1.04 bits per heavy atom. The van der Waals surface area contributed by atoms with Crippen LogP contribution in [-0.2, 0) is 6.18 Å². The fourth-order valence-corrected chi connectivity index (χ4v) is 4.00. The van der Waals surface area contributed by atoms with Gasteiger partial charge in [-0.2, -0.15) is 13.2 Å². The summed E-state index contributed by atoms with van der Waals surface area (Å²) in [5, 5.41) is 3.64. The number of hydrogen-bond donors (Lipinski definition) is 0. The summed E-state index contributed by atoms with van der Waals surface area (Å²) in [7, 11) is 0. The molecule has 3 aromatic heterocycles. The van der Waals surface area contributed by atoms with E-state index < -0.39 is 11.7 Å². The van der Waals surface area contributed by atoms with Gasteiger partial charge in [-0.1, -0.05) is 16.8 Å². The first-order valence-corrected chi connectivity index (χ1v) is 9.13. The number of aromatic nitrogens is 2. The molecular formula is C18H8ClF3N2O3S. The van der Waals surface area contributed by atoms with Crippen LogP contribution in [0.2, 0.25) is 4.34 Å². The van der Waals surface area contributed by atoms with E-state index in [1.165, 1.54) is 0 Å². The largest absolute Gasteiger partial charge is 0.454 e. The molecule has 28 heavy (non-hydrogen) atoms. The van der Waals surface area contributed by atoms with Gasteiger partial charge in [0.2, 0.25) is 6.79 Å². The molecule has 10 heteroatoms. The Morgan fingerprint density at radius 2 is 1.86 bits per heavy atom. The maximum Gasteiger partial charge on any atom is 0.417 e. The van der Waals surface area contributed by atoms with Crippen LogP contribution in [0, 0.1) is 0 Å². The van der Waals surface area contributed by atoms with Gasteiger partial charge < -0.3 is 14.0 Å². The van der Waals surface area contributed by atoms with Gasteiger partial charge in [0.25, 0.3) is 5.71 Å². The second-order valence-corrected chi connectivity index (χ2v) is 7.65. The van der Waals surface area contributed by atoms with Crippen molar-refractivity contribution in [2.75, 3.05) is 6.79 Å². The number of halogens is 4. The molecule has 0 fully saturated rings. The maximum absolute atomic E-state index is 13.8. The summed E-state index contributed by atoms with van der Waals surface area (Å²) >= 11 is 7.03. The highest BCUT2D eigenvalue weighted by molar-refractivity contribution is 7.19. The lowest BCUT2D eigenvalue weighted by Gasteiger charge is -2.10. The first-order valence-electron chi connectivity index (χ1n) is 7.93. The first-order chi connectivity index (χ1) is 13.4. The molecule has 0 saturated carbocycles. The molecule has 0 atom stereocenters. The van der Waals surface area contributed by atoms with E-state index in [1.54, 1.807) is 30.3 Å². The van der Waals surface area contributed by atoms with Crippen LogP contribution in [0.3, 0.4) is 0 Å². The van der Waals surface area contributed by atoms with E-state index in [0.29, 0.717) is 26.3 Å². The summed E-state index contributed by atoms with van der Waals surface area (Å²) in [4.78, 5) is 4.72. The van der Waals surface area contributed by atoms with E-state index >= 15 is 0 Å². The Labute approximate surface area is 164 Å². The Kier molecular flexibility index (Phi) is 3.78. The van der Waals surface area contributed by atoms with Crippen LogP contribution < -0.4 is 9.47 Å². The summed E-state index contributed by atoms with van der Waals surface area (Å²) in [5.41, 5.74) is -0.538. The molecular weight excluding hydrogens is 417 g/mol. The molecule has 0 saturated heterocycles. The number of alkyl halides is 3. The molecule has 1 aliphatic rings. The van der Waals surface area contributed by atoms with Gasteiger partial charge in [-0.05, 0) is 36.4 Å². The van der Waals surface area contributed by atoms with Gasteiger partial charge in [0.1, 0.15) is 5.69 Å². The molecule has 5 rings (SSSR count). The number of thiophene rings is 1. The second-order valence-electron chi connectivity index (χ2n) is 5.94. The highest BCUT2D eigenvalue weighted by Crippen LogP contribution is 2.43. The van der Waals surface area contributed by atoms with Crippen LogP contribution in [0.15, 0.2) is 40.9 Å². The standard InChI is InChI=1S/C18H8ClF3N2O3S/c19-14-4-3-13(28-14)10-6-9(18(20,21)22)15-16(24-27-17(15)23-10)8-1-2-11-12(5-8)26-7-25-11/h1-6H,7H2. The van der Waals surface area contributed by atoms with E-state index in [4.69, 9.17) is 25.6 Å². The normalized spacial score (nSPS) is 13.4. The predicted molar refractivity (Wildman–Crippen MR) is 96.7 cm³/mol. The first kappa shape index (κ1) is 17.3. The van der Waals surface area contributed by atoms with Gasteiger partial charge in [-0.25, -0.2) is 4.98 Å². The fraction of sp³-hybridized carbons (Fsp3) is 0.111. The zero-order valence-electron chi connectivity index (χ0n) is 13.7. The second kappa shape index (κ2) is 6.11. The lowest BCUT2D eigenvalue weighted by molar-refractivity contribution is -0.136. The molecule has 4 heterocycles. The average Bonchev–Trinajstić information content (AvgIpc) is 3.38. The molecule has 0 spiro atoms. The minimum atomic E-state index is -4.63. The summed E-state index contributed by atoms with van der Waals surface area (Å²) < 4.78 is 57.7. The van der Waals surface area contributed by atoms with Gasteiger partial charge in [0.15, 0.2) is 11.5 Å². The molecule has 142 valence electrons. The van der Waals surface area contributed by atoms with E-state index in [1.807, 2.05) is 0 Å². The lowest BCUT2D eigenvalue weighted by atomic mass is 10.0. The monoisotopic (exact) mass is 424 g/mol. The number of benzene rings is 1. The Morgan fingerprint density at radius 3 is 2.61 bits per heavy atom. The SMILES string of the molecule is FC(F)(F)c1cc(-c2ccc(Cl)s2)nc2onc(-c3ccc4c(c3)OCO4)c12. The van der Waals surface area contributed by atoms with Crippen molar-refractivity contribution in [2.24, 2.45) is 0 Å². The fourth-order valence-electron chi connectivity index (χ4n) is 2.99.